The summed E-state index contributed by atoms with van der Waals surface area (Å²) in [5.41, 5.74) is 3.27. The summed E-state index contributed by atoms with van der Waals surface area (Å²) in [6, 6.07) is 20.4. The van der Waals surface area contributed by atoms with E-state index in [-0.39, 0.29) is 0 Å². The third-order valence-corrected chi connectivity index (χ3v) is 6.67. The molecule has 0 unspecified atom stereocenters. The number of nitriles is 1. The molecule has 2 aromatic carbocycles. The highest BCUT2D eigenvalue weighted by molar-refractivity contribution is 7.19. The molecule has 0 atom stereocenters. The molecule has 3 heterocycles. The van der Waals surface area contributed by atoms with Gasteiger partial charge in [-0.25, -0.2) is 9.78 Å². The summed E-state index contributed by atoms with van der Waals surface area (Å²) < 4.78 is 4.65. The van der Waals surface area contributed by atoms with Crippen LogP contribution in [-0.2, 0) is 11.2 Å². The molecular formula is C25H18N6O2S. The molecule has 0 saturated carbocycles. The first kappa shape index (κ1) is 21.3. The molecule has 0 aliphatic rings. The Hall–Kier alpha value is -4.55. The van der Waals surface area contributed by atoms with Gasteiger partial charge < -0.3 is 9.72 Å². The fraction of sp³-hybridized carbons (Fsp3) is 0.0800. The average Bonchev–Trinajstić information content (AvgIpc) is 3.52. The molecule has 34 heavy (non-hydrogen) atoms. The van der Waals surface area contributed by atoms with E-state index in [1.807, 2.05) is 12.1 Å². The molecular weight excluding hydrogens is 448 g/mol. The fourth-order valence-electron chi connectivity index (χ4n) is 3.81. The predicted octanol–water partition coefficient (Wildman–Crippen LogP) is 5.39. The van der Waals surface area contributed by atoms with E-state index < -0.39 is 6.09 Å². The Morgan fingerprint density at radius 1 is 1.15 bits per heavy atom. The Morgan fingerprint density at radius 3 is 2.76 bits per heavy atom. The normalized spacial score (nSPS) is 10.7. The number of thiophene rings is 1. The molecule has 0 bridgehead atoms. The van der Waals surface area contributed by atoms with Gasteiger partial charge in [0.2, 0.25) is 0 Å². The highest BCUT2D eigenvalue weighted by Crippen LogP contribution is 2.42. The fourth-order valence-corrected chi connectivity index (χ4v) is 5.03. The highest BCUT2D eigenvalue weighted by atomic mass is 32.1. The van der Waals surface area contributed by atoms with E-state index in [4.69, 9.17) is 0 Å². The zero-order chi connectivity index (χ0) is 23.5. The molecule has 166 valence electrons. The number of rotatable bonds is 5. The number of fused-ring (bicyclic) bond motifs is 1. The number of methoxy groups -OCH3 is 1. The first-order chi connectivity index (χ1) is 16.7. The number of anilines is 1. The van der Waals surface area contributed by atoms with Gasteiger partial charge in [-0.3, -0.25) is 5.32 Å². The van der Waals surface area contributed by atoms with Crippen molar-refractivity contribution < 1.29 is 9.53 Å². The van der Waals surface area contributed by atoms with Crippen molar-refractivity contribution in [1.29, 1.82) is 5.26 Å². The van der Waals surface area contributed by atoms with Crippen LogP contribution in [0.1, 0.15) is 16.7 Å². The van der Waals surface area contributed by atoms with Crippen LogP contribution in [0.25, 0.3) is 31.9 Å². The van der Waals surface area contributed by atoms with Gasteiger partial charge in [0.05, 0.1) is 22.4 Å². The monoisotopic (exact) mass is 466 g/mol. The zero-order valence-electron chi connectivity index (χ0n) is 18.1. The van der Waals surface area contributed by atoms with E-state index in [0.29, 0.717) is 23.6 Å². The molecule has 8 nitrogen and oxygen atoms in total. The van der Waals surface area contributed by atoms with Crippen molar-refractivity contribution in [2.75, 3.05) is 12.4 Å². The predicted molar refractivity (Wildman–Crippen MR) is 130 cm³/mol. The maximum atomic E-state index is 11.6. The second kappa shape index (κ2) is 9.13. The number of benzene rings is 2. The number of nitrogens with one attached hydrogen (secondary N) is 2. The molecule has 0 spiro atoms. The second-order valence-corrected chi connectivity index (χ2v) is 8.49. The molecule has 5 aromatic rings. The Balaban J connectivity index is 1.62. The van der Waals surface area contributed by atoms with Gasteiger partial charge in [0.1, 0.15) is 18.2 Å². The van der Waals surface area contributed by atoms with Crippen molar-refractivity contribution in [3.8, 4) is 27.2 Å². The number of carbonyl (C=O) groups is 1. The van der Waals surface area contributed by atoms with Gasteiger partial charge in [-0.05, 0) is 39.6 Å². The summed E-state index contributed by atoms with van der Waals surface area (Å²) in [5, 5.41) is 23.2. The molecule has 5 rings (SSSR count). The Bertz CT molecular complexity index is 1540. The van der Waals surface area contributed by atoms with Crippen LogP contribution in [0.4, 0.5) is 10.6 Å². The first-order valence-corrected chi connectivity index (χ1v) is 11.2. The molecule has 0 fully saturated rings. The van der Waals surface area contributed by atoms with Crippen LogP contribution < -0.4 is 5.32 Å². The topological polar surface area (TPSA) is 117 Å². The van der Waals surface area contributed by atoms with Crippen molar-refractivity contribution >= 4 is 34.0 Å². The second-order valence-electron chi connectivity index (χ2n) is 7.47. The number of hydrogen-bond donors (Lipinski definition) is 2. The number of hydrogen-bond acceptors (Lipinski definition) is 7. The molecule has 1 amide bonds. The number of H-pyrrole nitrogens is 1. The minimum Gasteiger partial charge on any atom is -0.453 e. The molecule has 0 radical (unpaired) electrons. The van der Waals surface area contributed by atoms with E-state index in [1.54, 1.807) is 18.3 Å². The Labute approximate surface area is 198 Å². The lowest BCUT2D eigenvalue weighted by Gasteiger charge is -2.06. The van der Waals surface area contributed by atoms with Crippen molar-refractivity contribution in [3.05, 3.63) is 83.8 Å². The van der Waals surface area contributed by atoms with Crippen LogP contribution >= 0.6 is 11.3 Å². The van der Waals surface area contributed by atoms with E-state index in [0.717, 1.165) is 37.2 Å². The van der Waals surface area contributed by atoms with Gasteiger partial charge >= 0.3 is 6.09 Å². The largest absolute Gasteiger partial charge is 0.453 e. The van der Waals surface area contributed by atoms with Crippen LogP contribution in [0.15, 0.2) is 67.1 Å². The van der Waals surface area contributed by atoms with Crippen LogP contribution in [0, 0.1) is 11.3 Å². The number of carbonyl (C=O) groups excluding carboxylic acids is 1. The lowest BCUT2D eigenvalue weighted by Crippen LogP contribution is -2.11. The van der Waals surface area contributed by atoms with Gasteiger partial charge in [0.15, 0.2) is 5.82 Å². The first-order valence-electron chi connectivity index (χ1n) is 10.4. The minimum absolute atomic E-state index is 0.332. The molecule has 0 aliphatic heterocycles. The Kier molecular flexibility index (Phi) is 5.72. The summed E-state index contributed by atoms with van der Waals surface area (Å²) in [6.07, 6.45) is 3.04. The Morgan fingerprint density at radius 2 is 2.00 bits per heavy atom. The van der Waals surface area contributed by atoms with Crippen molar-refractivity contribution in [2.24, 2.45) is 0 Å². The number of nitrogens with zero attached hydrogens (tertiary/aromatic N) is 4. The third-order valence-electron chi connectivity index (χ3n) is 5.38. The van der Waals surface area contributed by atoms with Gasteiger partial charge in [-0.15, -0.1) is 21.5 Å². The van der Waals surface area contributed by atoms with Gasteiger partial charge in [0.25, 0.3) is 0 Å². The SMILES string of the molecule is COC(=O)Nc1cc(-c2sc(-c3nnc[nH]3)c(Cc3ccc4ccccc4c3)c2C#N)ccn1. The van der Waals surface area contributed by atoms with Crippen LogP contribution in [-0.4, -0.2) is 33.4 Å². The lowest BCUT2D eigenvalue weighted by molar-refractivity contribution is 0.187. The number of pyridine rings is 1. The van der Waals surface area contributed by atoms with Crippen LogP contribution in [0.2, 0.25) is 0 Å². The van der Waals surface area contributed by atoms with Gasteiger partial charge in [-0.2, -0.15) is 5.26 Å². The van der Waals surface area contributed by atoms with Crippen molar-refractivity contribution in [3.63, 3.8) is 0 Å². The minimum atomic E-state index is -0.615. The van der Waals surface area contributed by atoms with Crippen molar-refractivity contribution in [2.45, 2.75) is 6.42 Å². The van der Waals surface area contributed by atoms with Crippen LogP contribution in [0.5, 0.6) is 0 Å². The maximum absolute atomic E-state index is 11.6. The van der Waals surface area contributed by atoms with E-state index in [1.165, 1.54) is 24.8 Å². The zero-order valence-corrected chi connectivity index (χ0v) is 18.9. The number of aromatic nitrogens is 4. The van der Waals surface area contributed by atoms with Gasteiger partial charge in [0, 0.05) is 12.6 Å². The lowest BCUT2D eigenvalue weighted by atomic mass is 9.97. The van der Waals surface area contributed by atoms with Crippen molar-refractivity contribution in [1.82, 2.24) is 20.2 Å². The molecule has 0 saturated heterocycles. The standard InChI is InChI=1S/C25H18N6O2S/c1-33-25(32)30-21-12-18(8-9-27-21)22-20(13-26)19(23(34-22)24-28-14-29-31-24)11-15-6-7-16-4-2-3-5-17(16)10-15/h2-10,12,14H,11H2,1H3,(H,27,30,32)(H,28,29,31). The summed E-state index contributed by atoms with van der Waals surface area (Å²) >= 11 is 1.45. The third kappa shape index (κ3) is 4.10. The van der Waals surface area contributed by atoms with E-state index >= 15 is 0 Å². The summed E-state index contributed by atoms with van der Waals surface area (Å²) in [7, 11) is 1.29. The molecule has 3 aromatic heterocycles. The summed E-state index contributed by atoms with van der Waals surface area (Å²) in [6.45, 7) is 0. The molecule has 9 heteroatoms. The number of ether oxygens (including phenoxy) is 1. The van der Waals surface area contributed by atoms with Crippen LogP contribution in [0.3, 0.4) is 0 Å². The van der Waals surface area contributed by atoms with E-state index in [2.05, 4.69) is 66.6 Å². The smallest absolute Gasteiger partial charge is 0.412 e. The quantitative estimate of drug-likeness (QED) is 0.359. The molecule has 2 N–H and O–H groups in total. The number of aromatic amines is 1. The average molecular weight is 467 g/mol. The number of amides is 1. The molecule has 0 aliphatic carbocycles. The van der Waals surface area contributed by atoms with Gasteiger partial charge in [-0.1, -0.05) is 42.5 Å². The highest BCUT2D eigenvalue weighted by Gasteiger charge is 2.23. The maximum Gasteiger partial charge on any atom is 0.412 e. The van der Waals surface area contributed by atoms with E-state index in [9.17, 15) is 10.1 Å². The summed E-state index contributed by atoms with van der Waals surface area (Å²) in [5.74, 6) is 0.935. The summed E-state index contributed by atoms with van der Waals surface area (Å²) in [4.78, 5) is 20.5.